The molecule has 1 rings (SSSR count). The van der Waals surface area contributed by atoms with Crippen molar-refractivity contribution in [2.75, 3.05) is 13.2 Å². The Bertz CT molecular complexity index is 568. The first-order valence-electron chi connectivity index (χ1n) is 9.68. The summed E-state index contributed by atoms with van der Waals surface area (Å²) in [6.45, 7) is 20.2. The van der Waals surface area contributed by atoms with Crippen molar-refractivity contribution in [1.29, 1.82) is 0 Å². The van der Waals surface area contributed by atoms with Crippen molar-refractivity contribution in [3.63, 3.8) is 0 Å². The molecule has 0 aliphatic rings. The van der Waals surface area contributed by atoms with E-state index >= 15 is 0 Å². The molecule has 0 fully saturated rings. The van der Waals surface area contributed by atoms with Gasteiger partial charge in [-0.1, -0.05) is 33.8 Å². The van der Waals surface area contributed by atoms with Gasteiger partial charge in [0.2, 0.25) is 5.88 Å². The lowest BCUT2D eigenvalue weighted by Gasteiger charge is -2.37. The van der Waals surface area contributed by atoms with Gasteiger partial charge in [0.1, 0.15) is 10.8 Å². The Morgan fingerprint density at radius 1 is 1.19 bits per heavy atom. The molecule has 1 unspecified atom stereocenters. The van der Waals surface area contributed by atoms with Gasteiger partial charge in [-0.05, 0) is 50.9 Å². The molecule has 156 valence electrons. The summed E-state index contributed by atoms with van der Waals surface area (Å²) in [4.78, 5) is 4.39. The van der Waals surface area contributed by atoms with E-state index in [1.165, 1.54) is 0 Å². The average molecular weight is 415 g/mol. The van der Waals surface area contributed by atoms with E-state index in [4.69, 9.17) is 9.16 Å². The van der Waals surface area contributed by atoms with E-state index in [2.05, 4.69) is 50.5 Å². The molecule has 0 aliphatic carbocycles. The molecule has 1 heterocycles. The van der Waals surface area contributed by atoms with Gasteiger partial charge in [0.25, 0.3) is 0 Å². The standard InChI is InChI=1S/C20H38N2O3SSi/c1-10-13-24-18-12-11-16(14-21-18)17(22-26(23)19(2,3)4)15-25-27(8,9)20(5,6)7/h11-12,14,17,22H,10,13,15H2,1-9H3/t17-,26?/m0/s1. The summed E-state index contributed by atoms with van der Waals surface area (Å²) in [7, 11) is -1.91. The Balaban J connectivity index is 2.97. The average Bonchev–Trinajstić information content (AvgIpc) is 2.55. The Hall–Kier alpha value is -0.603. The molecule has 0 aliphatic heterocycles. The quantitative estimate of drug-likeness (QED) is 0.456. The summed E-state index contributed by atoms with van der Waals surface area (Å²) in [5, 5.41) is 0.122. The highest BCUT2D eigenvalue weighted by atomic mass is 32.2. The summed E-state index contributed by atoms with van der Waals surface area (Å²) >= 11 is -1.20. The summed E-state index contributed by atoms with van der Waals surface area (Å²) < 4.78 is 27.6. The highest BCUT2D eigenvalue weighted by molar-refractivity contribution is 7.90. The zero-order valence-electron chi connectivity index (χ0n) is 18.5. The van der Waals surface area contributed by atoms with Crippen LogP contribution in [0.3, 0.4) is 0 Å². The summed E-state index contributed by atoms with van der Waals surface area (Å²) in [6, 6.07) is 3.66. The molecule has 7 heteroatoms. The lowest BCUT2D eigenvalue weighted by Crippen LogP contribution is -2.46. The second-order valence-electron chi connectivity index (χ2n) is 9.40. The van der Waals surface area contributed by atoms with Gasteiger partial charge in [-0.3, -0.25) is 0 Å². The van der Waals surface area contributed by atoms with Crippen LogP contribution in [0, 0.1) is 0 Å². The predicted molar refractivity (Wildman–Crippen MR) is 117 cm³/mol. The van der Waals surface area contributed by atoms with Gasteiger partial charge in [-0.15, -0.1) is 4.72 Å². The summed E-state index contributed by atoms with van der Waals surface area (Å²) in [5.74, 6) is 0.613. The fraction of sp³-hybridized carbons (Fsp3) is 0.750. The minimum atomic E-state index is -1.91. The molecule has 0 amide bonds. The molecule has 0 saturated carbocycles. The maximum absolute atomic E-state index is 12.7. The molecule has 1 N–H and O–H groups in total. The first kappa shape index (κ1) is 24.4. The second kappa shape index (κ2) is 9.74. The number of rotatable bonds is 9. The fourth-order valence-electron chi connectivity index (χ4n) is 1.90. The largest absolute Gasteiger partial charge is 0.598 e. The molecule has 2 atom stereocenters. The van der Waals surface area contributed by atoms with Gasteiger partial charge >= 0.3 is 0 Å². The van der Waals surface area contributed by atoms with Crippen molar-refractivity contribution in [1.82, 2.24) is 9.71 Å². The van der Waals surface area contributed by atoms with Crippen molar-refractivity contribution in [2.24, 2.45) is 0 Å². The number of nitrogens with zero attached hydrogens (tertiary/aromatic N) is 1. The van der Waals surface area contributed by atoms with Crippen LogP contribution in [0.2, 0.25) is 18.1 Å². The number of pyridine rings is 1. The van der Waals surface area contributed by atoms with Crippen molar-refractivity contribution < 1.29 is 13.7 Å². The van der Waals surface area contributed by atoms with Crippen molar-refractivity contribution in [2.45, 2.75) is 83.8 Å². The van der Waals surface area contributed by atoms with E-state index in [1.54, 1.807) is 6.20 Å². The van der Waals surface area contributed by atoms with Crippen LogP contribution in [0.15, 0.2) is 18.3 Å². The third-order valence-electron chi connectivity index (χ3n) is 4.84. The van der Waals surface area contributed by atoms with Gasteiger partial charge < -0.3 is 13.7 Å². The number of hydrogen-bond donors (Lipinski definition) is 1. The molecule has 27 heavy (non-hydrogen) atoms. The smallest absolute Gasteiger partial charge is 0.213 e. The van der Waals surface area contributed by atoms with Crippen LogP contribution in [0.25, 0.3) is 0 Å². The van der Waals surface area contributed by atoms with E-state index < -0.39 is 19.7 Å². The van der Waals surface area contributed by atoms with Crippen LogP contribution in [0.5, 0.6) is 5.88 Å². The third kappa shape index (κ3) is 7.73. The van der Waals surface area contributed by atoms with Crippen molar-refractivity contribution in [3.05, 3.63) is 23.9 Å². The monoisotopic (exact) mass is 414 g/mol. The van der Waals surface area contributed by atoms with Crippen LogP contribution >= 0.6 is 0 Å². The van der Waals surface area contributed by atoms with E-state index in [0.29, 0.717) is 19.1 Å². The van der Waals surface area contributed by atoms with Crippen LogP contribution < -0.4 is 9.46 Å². The maximum atomic E-state index is 12.7. The van der Waals surface area contributed by atoms with Crippen molar-refractivity contribution in [3.8, 4) is 5.88 Å². The molecular weight excluding hydrogens is 376 g/mol. The van der Waals surface area contributed by atoms with E-state index in [1.807, 2.05) is 32.9 Å². The number of ether oxygens (including phenoxy) is 1. The molecule has 0 bridgehead atoms. The Morgan fingerprint density at radius 2 is 1.81 bits per heavy atom. The molecule has 1 aromatic rings. The highest BCUT2D eigenvalue weighted by Crippen LogP contribution is 2.37. The zero-order chi connectivity index (χ0) is 20.9. The molecular formula is C20H38N2O3SSi. The van der Waals surface area contributed by atoms with Gasteiger partial charge in [0, 0.05) is 23.6 Å². The first-order valence-corrected chi connectivity index (χ1v) is 13.7. The van der Waals surface area contributed by atoms with Gasteiger partial charge in [-0.2, -0.15) is 0 Å². The van der Waals surface area contributed by atoms with Gasteiger partial charge in [0.15, 0.2) is 8.32 Å². The number of nitrogens with one attached hydrogen (secondary N) is 1. The van der Waals surface area contributed by atoms with Crippen LogP contribution in [-0.2, 0) is 15.8 Å². The van der Waals surface area contributed by atoms with E-state index in [0.717, 1.165) is 12.0 Å². The molecule has 0 aromatic carbocycles. The lowest BCUT2D eigenvalue weighted by molar-refractivity contribution is 0.255. The Morgan fingerprint density at radius 3 is 2.26 bits per heavy atom. The van der Waals surface area contributed by atoms with Gasteiger partial charge in [0.05, 0.1) is 13.2 Å². The second-order valence-corrected chi connectivity index (χ2v) is 16.2. The minimum absolute atomic E-state index is 0.122. The molecule has 5 nitrogen and oxygen atoms in total. The number of aromatic nitrogens is 1. The summed E-state index contributed by atoms with van der Waals surface area (Å²) in [6.07, 6.45) is 2.73. The predicted octanol–water partition coefficient (Wildman–Crippen LogP) is 4.99. The normalized spacial score (nSPS) is 15.5. The fourth-order valence-corrected chi connectivity index (χ4v) is 3.73. The number of hydrogen-bond acceptors (Lipinski definition) is 5. The topological polar surface area (TPSA) is 66.4 Å². The zero-order valence-corrected chi connectivity index (χ0v) is 20.3. The first-order chi connectivity index (χ1) is 12.3. The van der Waals surface area contributed by atoms with Crippen LogP contribution in [0.1, 0.15) is 66.5 Å². The van der Waals surface area contributed by atoms with Crippen LogP contribution in [0.4, 0.5) is 0 Å². The van der Waals surface area contributed by atoms with Gasteiger partial charge in [-0.25, -0.2) is 4.98 Å². The molecule has 1 aromatic heterocycles. The highest BCUT2D eigenvalue weighted by Gasteiger charge is 2.38. The van der Waals surface area contributed by atoms with Crippen LogP contribution in [-0.4, -0.2) is 35.8 Å². The van der Waals surface area contributed by atoms with E-state index in [-0.39, 0.29) is 15.8 Å². The third-order valence-corrected chi connectivity index (χ3v) is 10.9. The maximum Gasteiger partial charge on any atom is 0.213 e. The molecule has 0 saturated heterocycles. The van der Waals surface area contributed by atoms with Crippen molar-refractivity contribution >= 4 is 19.7 Å². The molecule has 0 radical (unpaired) electrons. The minimum Gasteiger partial charge on any atom is -0.598 e. The van der Waals surface area contributed by atoms with E-state index in [9.17, 15) is 4.55 Å². The lowest BCUT2D eigenvalue weighted by atomic mass is 10.1. The Labute approximate surface area is 170 Å². The SMILES string of the molecule is CCCOc1ccc([C@H](CO[Si](C)(C)C(C)(C)C)N[S+]([O-])C(C)(C)C)cn1. The molecule has 0 spiro atoms. The summed E-state index contributed by atoms with van der Waals surface area (Å²) in [5.41, 5.74) is 0.954. The Kier molecular flexibility index (Phi) is 8.81.